The van der Waals surface area contributed by atoms with E-state index >= 15 is 0 Å². The summed E-state index contributed by atoms with van der Waals surface area (Å²) in [5, 5.41) is 0.383. The number of rotatable bonds is 0. The van der Waals surface area contributed by atoms with Crippen molar-refractivity contribution < 1.29 is 0 Å². The highest BCUT2D eigenvalue weighted by atomic mass is 35.5. The molecule has 2 nitrogen and oxygen atoms in total. The van der Waals surface area contributed by atoms with Crippen LogP contribution in [0, 0.1) is 6.92 Å². The van der Waals surface area contributed by atoms with Gasteiger partial charge in [-0.15, -0.1) is 0 Å². The third-order valence-corrected chi connectivity index (χ3v) is 3.15. The number of aryl methyl sites for hydroxylation is 1. The predicted octanol–water partition coefficient (Wildman–Crippen LogP) is 2.23. The number of aromatic nitrogens is 2. The molecule has 0 aliphatic carbocycles. The van der Waals surface area contributed by atoms with Gasteiger partial charge in [-0.3, -0.25) is 0 Å². The van der Waals surface area contributed by atoms with Crippen molar-refractivity contribution in [3.8, 4) is 0 Å². The maximum atomic E-state index is 5.75. The zero-order valence-electron chi connectivity index (χ0n) is 6.80. The second-order valence-electron chi connectivity index (χ2n) is 2.81. The smallest absolute Gasteiger partial charge is 0.222 e. The molecule has 0 saturated carbocycles. The van der Waals surface area contributed by atoms with Crippen molar-refractivity contribution in [2.24, 2.45) is 0 Å². The maximum absolute atomic E-state index is 5.75. The van der Waals surface area contributed by atoms with E-state index in [4.69, 9.17) is 11.6 Å². The van der Waals surface area contributed by atoms with Crippen molar-refractivity contribution in [2.45, 2.75) is 19.1 Å². The average Bonchev–Trinajstić information content (AvgIpc) is 2.04. The quantitative estimate of drug-likeness (QED) is 0.601. The molecule has 1 aromatic heterocycles. The van der Waals surface area contributed by atoms with E-state index in [0.29, 0.717) is 5.28 Å². The molecule has 12 heavy (non-hydrogen) atoms. The van der Waals surface area contributed by atoms with Gasteiger partial charge in [0.2, 0.25) is 5.28 Å². The van der Waals surface area contributed by atoms with Crippen LogP contribution in [0.1, 0.15) is 17.0 Å². The highest BCUT2D eigenvalue weighted by Gasteiger charge is 2.14. The Morgan fingerprint density at radius 3 is 3.08 bits per heavy atom. The molecule has 64 valence electrons. The molecular weight excluding hydrogens is 192 g/mol. The first kappa shape index (κ1) is 8.32. The summed E-state index contributed by atoms with van der Waals surface area (Å²) in [4.78, 5) is 8.34. The van der Waals surface area contributed by atoms with E-state index < -0.39 is 0 Å². The normalized spacial score (nSPS) is 15.8. The van der Waals surface area contributed by atoms with E-state index in [9.17, 15) is 0 Å². The molecule has 0 aromatic carbocycles. The van der Waals surface area contributed by atoms with E-state index in [2.05, 4.69) is 9.97 Å². The minimum Gasteiger partial charge on any atom is -0.223 e. The second-order valence-corrected chi connectivity index (χ2v) is 4.25. The highest BCUT2D eigenvalue weighted by Crippen LogP contribution is 2.25. The first-order chi connectivity index (χ1) is 5.77. The number of hydrogen-bond donors (Lipinski definition) is 0. The molecule has 1 aromatic rings. The fourth-order valence-corrected chi connectivity index (χ4v) is 2.56. The summed E-state index contributed by atoms with van der Waals surface area (Å²) in [6.45, 7) is 2.00. The second kappa shape index (κ2) is 3.23. The van der Waals surface area contributed by atoms with Gasteiger partial charge in [-0.2, -0.15) is 11.8 Å². The van der Waals surface area contributed by atoms with Crippen molar-refractivity contribution in [1.29, 1.82) is 0 Å². The van der Waals surface area contributed by atoms with Crippen molar-refractivity contribution >= 4 is 23.4 Å². The monoisotopic (exact) mass is 200 g/mol. The molecule has 4 heteroatoms. The molecule has 1 aliphatic rings. The summed E-state index contributed by atoms with van der Waals surface area (Å²) >= 11 is 7.66. The van der Waals surface area contributed by atoms with Gasteiger partial charge in [0, 0.05) is 11.4 Å². The topological polar surface area (TPSA) is 25.8 Å². The Kier molecular flexibility index (Phi) is 2.24. The van der Waals surface area contributed by atoms with E-state index in [1.807, 2.05) is 18.7 Å². The van der Waals surface area contributed by atoms with E-state index in [1.165, 1.54) is 11.3 Å². The molecule has 0 spiro atoms. The minimum absolute atomic E-state index is 0.383. The van der Waals surface area contributed by atoms with Gasteiger partial charge < -0.3 is 0 Å². The maximum Gasteiger partial charge on any atom is 0.222 e. The number of hydrogen-bond acceptors (Lipinski definition) is 3. The molecule has 2 rings (SSSR count). The Morgan fingerprint density at radius 1 is 1.42 bits per heavy atom. The lowest BCUT2D eigenvalue weighted by atomic mass is 10.1. The SMILES string of the molecule is Cc1nc(Cl)nc2c1CCSC2. The largest absolute Gasteiger partial charge is 0.223 e. The lowest BCUT2D eigenvalue weighted by Gasteiger charge is -2.15. The molecule has 0 radical (unpaired) electrons. The summed E-state index contributed by atoms with van der Waals surface area (Å²) < 4.78 is 0. The van der Waals surface area contributed by atoms with Crippen LogP contribution in [0.5, 0.6) is 0 Å². The summed E-state index contributed by atoms with van der Waals surface area (Å²) in [5.74, 6) is 2.16. The molecule has 0 N–H and O–H groups in total. The summed E-state index contributed by atoms with van der Waals surface area (Å²) in [6.07, 6.45) is 1.09. The van der Waals surface area contributed by atoms with Gasteiger partial charge in [-0.05, 0) is 36.3 Å². The van der Waals surface area contributed by atoms with Crippen molar-refractivity contribution in [1.82, 2.24) is 9.97 Å². The van der Waals surface area contributed by atoms with Crippen molar-refractivity contribution in [2.75, 3.05) is 5.75 Å². The molecule has 0 saturated heterocycles. The predicted molar refractivity (Wildman–Crippen MR) is 51.6 cm³/mol. The van der Waals surface area contributed by atoms with E-state index in [0.717, 1.165) is 23.6 Å². The van der Waals surface area contributed by atoms with Gasteiger partial charge in [-0.25, -0.2) is 9.97 Å². The molecule has 0 amide bonds. The van der Waals surface area contributed by atoms with Gasteiger partial charge in [0.25, 0.3) is 0 Å². The minimum atomic E-state index is 0.383. The first-order valence-electron chi connectivity index (χ1n) is 3.87. The fraction of sp³-hybridized carbons (Fsp3) is 0.500. The van der Waals surface area contributed by atoms with Crippen LogP contribution in [-0.2, 0) is 12.2 Å². The van der Waals surface area contributed by atoms with Crippen LogP contribution in [0.15, 0.2) is 0 Å². The Morgan fingerprint density at radius 2 is 2.25 bits per heavy atom. The summed E-state index contributed by atoms with van der Waals surface area (Å²) in [7, 11) is 0. The summed E-state index contributed by atoms with van der Waals surface area (Å²) in [5.41, 5.74) is 3.48. The van der Waals surface area contributed by atoms with E-state index in [-0.39, 0.29) is 0 Å². The van der Waals surface area contributed by atoms with Gasteiger partial charge in [0.1, 0.15) is 0 Å². The molecule has 1 aliphatic heterocycles. The Balaban J connectivity index is 2.53. The number of thioether (sulfide) groups is 1. The molecule has 0 fully saturated rings. The average molecular weight is 201 g/mol. The number of fused-ring (bicyclic) bond motifs is 1. The van der Waals surface area contributed by atoms with Crippen molar-refractivity contribution in [3.05, 3.63) is 22.2 Å². The van der Waals surface area contributed by atoms with Gasteiger partial charge in [-0.1, -0.05) is 0 Å². The van der Waals surface area contributed by atoms with E-state index in [1.54, 1.807) is 0 Å². The zero-order valence-corrected chi connectivity index (χ0v) is 8.37. The molecule has 2 heterocycles. The third-order valence-electron chi connectivity index (χ3n) is 2.01. The molecular formula is C8H9ClN2S. The Bertz CT molecular complexity index is 314. The Labute approximate surface area is 80.8 Å². The van der Waals surface area contributed by atoms with Crippen LogP contribution < -0.4 is 0 Å². The van der Waals surface area contributed by atoms with Crippen LogP contribution in [0.2, 0.25) is 5.28 Å². The highest BCUT2D eigenvalue weighted by molar-refractivity contribution is 7.98. The van der Waals surface area contributed by atoms with Crippen LogP contribution in [0.4, 0.5) is 0 Å². The Hall–Kier alpha value is -0.280. The number of halogens is 1. The van der Waals surface area contributed by atoms with Crippen molar-refractivity contribution in [3.63, 3.8) is 0 Å². The lowest BCUT2D eigenvalue weighted by molar-refractivity contribution is 0.936. The molecule has 0 atom stereocenters. The summed E-state index contributed by atoms with van der Waals surface area (Å²) in [6, 6.07) is 0. The van der Waals surface area contributed by atoms with Crippen LogP contribution >= 0.6 is 23.4 Å². The third kappa shape index (κ3) is 1.43. The van der Waals surface area contributed by atoms with Crippen LogP contribution in [-0.4, -0.2) is 15.7 Å². The van der Waals surface area contributed by atoms with Gasteiger partial charge in [0.05, 0.1) is 5.69 Å². The standard InChI is InChI=1S/C8H9ClN2S/c1-5-6-2-3-12-4-7(6)11-8(9)10-5/h2-4H2,1H3. The first-order valence-corrected chi connectivity index (χ1v) is 5.40. The lowest BCUT2D eigenvalue weighted by Crippen LogP contribution is -2.09. The van der Waals surface area contributed by atoms with Gasteiger partial charge in [0.15, 0.2) is 0 Å². The zero-order chi connectivity index (χ0) is 8.55. The molecule has 0 unspecified atom stereocenters. The number of nitrogens with zero attached hydrogens (tertiary/aromatic N) is 2. The molecule has 0 bridgehead atoms. The van der Waals surface area contributed by atoms with Crippen LogP contribution in [0.25, 0.3) is 0 Å². The fourth-order valence-electron chi connectivity index (χ4n) is 1.41. The van der Waals surface area contributed by atoms with Gasteiger partial charge >= 0.3 is 0 Å². The van der Waals surface area contributed by atoms with Crippen LogP contribution in [0.3, 0.4) is 0 Å².